The van der Waals surface area contributed by atoms with E-state index in [9.17, 15) is 13.6 Å². The summed E-state index contributed by atoms with van der Waals surface area (Å²) >= 11 is 0. The number of ketones is 1. The number of nitrogens with zero attached hydrogens (tertiary/aromatic N) is 1. The number of anilines is 1. The minimum atomic E-state index is -0.910. The van der Waals surface area contributed by atoms with Gasteiger partial charge in [-0.25, -0.2) is 8.78 Å². The van der Waals surface area contributed by atoms with Gasteiger partial charge in [0.15, 0.2) is 17.4 Å². The van der Waals surface area contributed by atoms with Gasteiger partial charge in [-0.05, 0) is 53.3 Å². The third kappa shape index (κ3) is 2.84. The zero-order valence-electron chi connectivity index (χ0n) is 16.2. The minimum Gasteiger partial charge on any atom is -0.358 e. The molecule has 0 amide bonds. The second kappa shape index (κ2) is 6.21. The van der Waals surface area contributed by atoms with Crippen LogP contribution in [-0.2, 0) is 4.79 Å². The summed E-state index contributed by atoms with van der Waals surface area (Å²) in [6.45, 7) is 4.14. The van der Waals surface area contributed by atoms with Crippen LogP contribution in [-0.4, -0.2) is 10.8 Å². The van der Waals surface area contributed by atoms with Crippen LogP contribution in [0.5, 0.6) is 0 Å². The summed E-state index contributed by atoms with van der Waals surface area (Å²) in [5.74, 6) is -2.22. The van der Waals surface area contributed by atoms with Gasteiger partial charge >= 0.3 is 0 Å². The van der Waals surface area contributed by atoms with Gasteiger partial charge in [-0.3, -0.25) is 9.78 Å². The van der Waals surface area contributed by atoms with Crippen LogP contribution in [0.3, 0.4) is 0 Å². The second-order valence-corrected chi connectivity index (χ2v) is 8.66. The Morgan fingerprint density at radius 1 is 1.07 bits per heavy atom. The highest BCUT2D eigenvalue weighted by atomic mass is 19.2. The van der Waals surface area contributed by atoms with E-state index in [1.165, 1.54) is 6.07 Å². The van der Waals surface area contributed by atoms with Crippen molar-refractivity contribution >= 4 is 22.4 Å². The molecule has 5 rings (SSSR count). The first kappa shape index (κ1) is 18.0. The number of benzene rings is 2. The standard InChI is InChI=1S/C24H20F2N2O/c1-24(2)11-19-23(20(29)12-24)21(13-5-6-15(25)16(26)10-13)22-14-4-3-9-27-17(14)7-8-18(22)28-19/h3-10,21,28H,11-12H2,1-2H3. The summed E-state index contributed by atoms with van der Waals surface area (Å²) in [6, 6.07) is 11.6. The lowest BCUT2D eigenvalue weighted by Gasteiger charge is -2.40. The van der Waals surface area contributed by atoms with Gasteiger partial charge in [-0.1, -0.05) is 26.0 Å². The van der Waals surface area contributed by atoms with Crippen LogP contribution < -0.4 is 5.32 Å². The van der Waals surface area contributed by atoms with Gasteiger partial charge in [-0.15, -0.1) is 0 Å². The lowest BCUT2D eigenvalue weighted by molar-refractivity contribution is -0.118. The highest BCUT2D eigenvalue weighted by Gasteiger charge is 2.41. The predicted octanol–water partition coefficient (Wildman–Crippen LogP) is 5.71. The summed E-state index contributed by atoms with van der Waals surface area (Å²) in [5, 5.41) is 4.37. The van der Waals surface area contributed by atoms with E-state index in [1.54, 1.807) is 12.3 Å². The molecule has 0 radical (unpaired) electrons. The minimum absolute atomic E-state index is 0.0463. The molecule has 5 heteroatoms. The molecule has 1 unspecified atom stereocenters. The topological polar surface area (TPSA) is 42.0 Å². The first-order chi connectivity index (χ1) is 13.8. The molecule has 3 nitrogen and oxygen atoms in total. The van der Waals surface area contributed by atoms with Gasteiger partial charge in [0.05, 0.1) is 5.52 Å². The van der Waals surface area contributed by atoms with Crippen molar-refractivity contribution in [1.82, 2.24) is 4.98 Å². The molecule has 1 aliphatic heterocycles. The maximum absolute atomic E-state index is 14.2. The number of hydrogen-bond donors (Lipinski definition) is 1. The van der Waals surface area contributed by atoms with E-state index >= 15 is 0 Å². The van der Waals surface area contributed by atoms with Gasteiger partial charge < -0.3 is 5.32 Å². The summed E-state index contributed by atoms with van der Waals surface area (Å²) in [6.07, 6.45) is 2.86. The molecule has 0 bridgehead atoms. The van der Waals surface area contributed by atoms with Crippen molar-refractivity contribution in [2.24, 2.45) is 5.41 Å². The summed E-state index contributed by atoms with van der Waals surface area (Å²) in [4.78, 5) is 17.7. The average Bonchev–Trinajstić information content (AvgIpc) is 2.67. The number of nitrogens with one attached hydrogen (secondary N) is 1. The Kier molecular flexibility index (Phi) is 3.85. The molecular formula is C24H20F2N2O. The van der Waals surface area contributed by atoms with Gasteiger partial charge in [0.25, 0.3) is 0 Å². The Morgan fingerprint density at radius 3 is 2.69 bits per heavy atom. The Morgan fingerprint density at radius 2 is 1.90 bits per heavy atom. The van der Waals surface area contributed by atoms with Crippen LogP contribution in [0, 0.1) is 17.0 Å². The molecule has 146 valence electrons. The third-order valence-electron chi connectivity index (χ3n) is 5.89. The number of fused-ring (bicyclic) bond motifs is 3. The molecular weight excluding hydrogens is 370 g/mol. The van der Waals surface area contributed by atoms with Crippen molar-refractivity contribution in [1.29, 1.82) is 0 Å². The Labute approximate surface area is 167 Å². The molecule has 0 saturated heterocycles. The molecule has 2 heterocycles. The van der Waals surface area contributed by atoms with Crippen molar-refractivity contribution in [3.63, 3.8) is 0 Å². The molecule has 3 aromatic rings. The van der Waals surface area contributed by atoms with Crippen LogP contribution >= 0.6 is 0 Å². The largest absolute Gasteiger partial charge is 0.358 e. The van der Waals surface area contributed by atoms with E-state index in [2.05, 4.69) is 24.1 Å². The number of Topliss-reactive ketones (excluding diaryl/α,β-unsaturated/α-hetero) is 1. The lowest BCUT2D eigenvalue weighted by Crippen LogP contribution is -2.34. The summed E-state index contributed by atoms with van der Waals surface area (Å²) < 4.78 is 27.8. The number of carbonyl (C=O) groups excluding carboxylic acids is 1. The number of carbonyl (C=O) groups is 1. The fourth-order valence-corrected chi connectivity index (χ4v) is 4.71. The van der Waals surface area contributed by atoms with Gasteiger partial charge in [0.1, 0.15) is 0 Å². The molecule has 2 aromatic carbocycles. The summed E-state index contributed by atoms with van der Waals surface area (Å²) in [7, 11) is 0. The highest BCUT2D eigenvalue weighted by molar-refractivity contribution is 6.04. The van der Waals surface area contributed by atoms with E-state index in [-0.39, 0.29) is 11.2 Å². The van der Waals surface area contributed by atoms with Gasteiger partial charge in [-0.2, -0.15) is 0 Å². The monoisotopic (exact) mass is 390 g/mol. The van der Waals surface area contributed by atoms with Gasteiger partial charge in [0, 0.05) is 40.9 Å². The number of pyridine rings is 1. The summed E-state index contributed by atoms with van der Waals surface area (Å²) in [5.41, 5.74) is 4.50. The van der Waals surface area contributed by atoms with Crippen LogP contribution in [0.1, 0.15) is 43.7 Å². The fraction of sp³-hybridized carbons (Fsp3) is 0.250. The van der Waals surface area contributed by atoms with Crippen molar-refractivity contribution in [2.45, 2.75) is 32.6 Å². The quantitative estimate of drug-likeness (QED) is 0.578. The molecule has 29 heavy (non-hydrogen) atoms. The van der Waals surface area contributed by atoms with Gasteiger partial charge in [0.2, 0.25) is 0 Å². The molecule has 1 N–H and O–H groups in total. The van der Waals surface area contributed by atoms with E-state index < -0.39 is 17.6 Å². The van der Waals surface area contributed by atoms with Crippen LogP contribution in [0.4, 0.5) is 14.5 Å². The number of aromatic nitrogens is 1. The normalized spacial score (nSPS) is 20.3. The van der Waals surface area contributed by atoms with Crippen molar-refractivity contribution < 1.29 is 13.6 Å². The highest BCUT2D eigenvalue weighted by Crippen LogP contribution is 2.50. The van der Waals surface area contributed by atoms with Crippen molar-refractivity contribution in [2.75, 3.05) is 5.32 Å². The van der Waals surface area contributed by atoms with E-state index in [1.807, 2.05) is 24.3 Å². The fourth-order valence-electron chi connectivity index (χ4n) is 4.71. The first-order valence-electron chi connectivity index (χ1n) is 9.70. The predicted molar refractivity (Wildman–Crippen MR) is 109 cm³/mol. The molecule has 1 atom stereocenters. The molecule has 1 aliphatic carbocycles. The SMILES string of the molecule is CC1(C)CC(=O)C2=C(C1)Nc1ccc3ncccc3c1C2c1ccc(F)c(F)c1. The number of hydrogen-bond acceptors (Lipinski definition) is 3. The van der Waals surface area contributed by atoms with Crippen LogP contribution in [0.2, 0.25) is 0 Å². The number of rotatable bonds is 1. The molecule has 0 spiro atoms. The van der Waals surface area contributed by atoms with E-state index in [0.29, 0.717) is 17.6 Å². The Hall–Kier alpha value is -3.08. The zero-order valence-corrected chi connectivity index (χ0v) is 16.2. The van der Waals surface area contributed by atoms with Crippen molar-refractivity contribution in [3.8, 4) is 0 Å². The molecule has 1 aromatic heterocycles. The molecule has 0 saturated carbocycles. The number of halogens is 2. The lowest BCUT2D eigenvalue weighted by atomic mass is 9.68. The van der Waals surface area contributed by atoms with Crippen molar-refractivity contribution in [3.05, 3.63) is 82.7 Å². The third-order valence-corrected chi connectivity index (χ3v) is 5.89. The van der Waals surface area contributed by atoms with E-state index in [4.69, 9.17) is 0 Å². The molecule has 0 fully saturated rings. The zero-order chi connectivity index (χ0) is 20.3. The maximum Gasteiger partial charge on any atom is 0.162 e. The van der Waals surface area contributed by atoms with E-state index in [0.717, 1.165) is 40.3 Å². The van der Waals surface area contributed by atoms with Crippen LogP contribution in [0.25, 0.3) is 10.9 Å². The molecule has 2 aliphatic rings. The second-order valence-electron chi connectivity index (χ2n) is 8.66. The average molecular weight is 390 g/mol. The smallest absolute Gasteiger partial charge is 0.162 e. The Balaban J connectivity index is 1.82. The van der Waals surface area contributed by atoms with Crippen LogP contribution in [0.15, 0.2) is 59.9 Å². The first-order valence-corrected chi connectivity index (χ1v) is 9.70. The number of allylic oxidation sites excluding steroid dienone is 2. The Bertz CT molecular complexity index is 1210. The maximum atomic E-state index is 14.2.